The molecule has 0 aliphatic rings. The van der Waals surface area contributed by atoms with Crippen LogP contribution in [0.2, 0.25) is 5.02 Å². The van der Waals surface area contributed by atoms with Crippen molar-refractivity contribution in [3.63, 3.8) is 0 Å². The van der Waals surface area contributed by atoms with Gasteiger partial charge in [0, 0.05) is 45.8 Å². The van der Waals surface area contributed by atoms with Crippen molar-refractivity contribution in [2.45, 2.75) is 13.0 Å². The monoisotopic (exact) mass is 381 g/mol. The van der Waals surface area contributed by atoms with Gasteiger partial charge in [0.1, 0.15) is 12.3 Å². The molecule has 5 nitrogen and oxygen atoms in total. The van der Waals surface area contributed by atoms with E-state index in [-0.39, 0.29) is 12.5 Å². The number of ether oxygens (including phenoxy) is 1. The summed E-state index contributed by atoms with van der Waals surface area (Å²) in [6.45, 7) is 0.862. The maximum absolute atomic E-state index is 12.3. The highest BCUT2D eigenvalue weighted by Crippen LogP contribution is 2.23. The Kier molecular flexibility index (Phi) is 4.77. The Morgan fingerprint density at radius 3 is 2.96 bits per heavy atom. The van der Waals surface area contributed by atoms with Gasteiger partial charge in [-0.25, -0.2) is 0 Å². The molecule has 0 spiro atoms. The van der Waals surface area contributed by atoms with E-state index in [0.29, 0.717) is 11.6 Å². The van der Waals surface area contributed by atoms with Gasteiger partial charge >= 0.3 is 0 Å². The van der Waals surface area contributed by atoms with E-state index in [0.717, 1.165) is 39.5 Å². The van der Waals surface area contributed by atoms with Gasteiger partial charge in [-0.2, -0.15) is 0 Å². The van der Waals surface area contributed by atoms with Gasteiger partial charge in [-0.15, -0.1) is 0 Å². The van der Waals surface area contributed by atoms with Gasteiger partial charge in [0.15, 0.2) is 0 Å². The van der Waals surface area contributed by atoms with Crippen LogP contribution in [0.3, 0.4) is 0 Å². The number of fused-ring (bicyclic) bond motifs is 2. The summed E-state index contributed by atoms with van der Waals surface area (Å²) < 4.78 is 7.18. The van der Waals surface area contributed by atoms with Gasteiger partial charge < -0.3 is 19.6 Å². The Hall–Kier alpha value is -2.92. The van der Waals surface area contributed by atoms with Crippen molar-refractivity contribution >= 4 is 39.3 Å². The van der Waals surface area contributed by atoms with Crippen LogP contribution in [0.4, 0.5) is 0 Å². The third-order valence-corrected chi connectivity index (χ3v) is 4.97. The molecule has 4 aromatic rings. The summed E-state index contributed by atoms with van der Waals surface area (Å²) in [6.07, 6.45) is 4.64. The number of rotatable bonds is 6. The normalized spacial score (nSPS) is 11.2. The van der Waals surface area contributed by atoms with Crippen LogP contribution in [0.1, 0.15) is 5.56 Å². The van der Waals surface area contributed by atoms with Crippen molar-refractivity contribution < 1.29 is 9.53 Å². The number of halogens is 1. The zero-order valence-electron chi connectivity index (χ0n) is 15.0. The summed E-state index contributed by atoms with van der Waals surface area (Å²) in [5.74, 6) is 0.796. The minimum Gasteiger partial charge on any atom is -0.497 e. The molecule has 0 aliphatic heterocycles. The third-order valence-electron chi connectivity index (χ3n) is 4.74. The molecule has 0 saturated carbocycles. The van der Waals surface area contributed by atoms with E-state index in [1.165, 1.54) is 0 Å². The first-order valence-corrected chi connectivity index (χ1v) is 9.17. The average molecular weight is 382 g/mol. The first-order valence-electron chi connectivity index (χ1n) is 8.79. The Morgan fingerprint density at radius 2 is 2.11 bits per heavy atom. The molecule has 2 aromatic heterocycles. The summed E-state index contributed by atoms with van der Waals surface area (Å²) >= 11 is 6.08. The van der Waals surface area contributed by atoms with Gasteiger partial charge in [-0.1, -0.05) is 11.6 Å². The SMILES string of the molecule is COc1ccc2c(ccn2CC(=O)NCCc2c[nH]c3ccc(Cl)cc23)c1. The lowest BCUT2D eigenvalue weighted by molar-refractivity contribution is -0.121. The first-order chi connectivity index (χ1) is 13.1. The van der Waals surface area contributed by atoms with Crippen LogP contribution >= 0.6 is 11.6 Å². The number of carbonyl (C=O) groups excluding carboxylic acids is 1. The summed E-state index contributed by atoms with van der Waals surface area (Å²) in [4.78, 5) is 15.6. The Balaban J connectivity index is 1.38. The van der Waals surface area contributed by atoms with Crippen LogP contribution in [0.25, 0.3) is 21.8 Å². The number of methoxy groups -OCH3 is 1. The minimum atomic E-state index is -0.0128. The number of aromatic nitrogens is 2. The zero-order valence-corrected chi connectivity index (χ0v) is 15.7. The lowest BCUT2D eigenvalue weighted by Gasteiger charge is -2.08. The molecule has 2 N–H and O–H groups in total. The number of benzene rings is 2. The van der Waals surface area contributed by atoms with Gasteiger partial charge in [0.25, 0.3) is 0 Å². The quantitative estimate of drug-likeness (QED) is 0.527. The lowest BCUT2D eigenvalue weighted by atomic mass is 10.1. The van der Waals surface area contributed by atoms with Crippen LogP contribution in [0, 0.1) is 0 Å². The van der Waals surface area contributed by atoms with Crippen LogP contribution in [0.5, 0.6) is 5.75 Å². The highest BCUT2D eigenvalue weighted by molar-refractivity contribution is 6.31. The molecule has 0 unspecified atom stereocenters. The summed E-state index contributed by atoms with van der Waals surface area (Å²) in [5.41, 5.74) is 3.21. The molecule has 6 heteroatoms. The standard InChI is InChI=1S/C21H20ClN3O2/c1-27-17-3-5-20-14(10-17)7-9-25(20)13-21(26)23-8-6-15-12-24-19-4-2-16(22)11-18(15)19/h2-5,7,9-12,24H,6,8,13H2,1H3,(H,23,26). The number of hydrogen-bond acceptors (Lipinski definition) is 2. The number of H-pyrrole nitrogens is 1. The minimum absolute atomic E-state index is 0.0128. The maximum Gasteiger partial charge on any atom is 0.239 e. The van der Waals surface area contributed by atoms with Crippen LogP contribution < -0.4 is 10.1 Å². The van der Waals surface area contributed by atoms with Crippen molar-refractivity contribution in [1.29, 1.82) is 0 Å². The van der Waals surface area contributed by atoms with Gasteiger partial charge in [0.2, 0.25) is 5.91 Å². The van der Waals surface area contributed by atoms with Crippen molar-refractivity contribution in [2.75, 3.05) is 13.7 Å². The molecule has 4 rings (SSSR count). The van der Waals surface area contributed by atoms with E-state index in [1.807, 2.05) is 59.4 Å². The Bertz CT molecular complexity index is 1110. The predicted octanol–water partition coefficient (Wildman–Crippen LogP) is 4.14. The molecular weight excluding hydrogens is 362 g/mol. The molecule has 0 atom stereocenters. The second-order valence-electron chi connectivity index (χ2n) is 6.47. The third kappa shape index (κ3) is 3.64. The molecule has 2 heterocycles. The fourth-order valence-corrected chi connectivity index (χ4v) is 3.52. The van der Waals surface area contributed by atoms with Crippen molar-refractivity contribution in [3.8, 4) is 5.75 Å². The Labute approximate surface area is 161 Å². The fraction of sp³-hybridized carbons (Fsp3) is 0.190. The zero-order chi connectivity index (χ0) is 18.8. The molecule has 0 fully saturated rings. The molecule has 138 valence electrons. The second kappa shape index (κ2) is 7.37. The first kappa shape index (κ1) is 17.5. The number of aromatic amines is 1. The molecular formula is C21H20ClN3O2. The van der Waals surface area contributed by atoms with Gasteiger partial charge in [-0.05, 0) is 54.4 Å². The topological polar surface area (TPSA) is 59.0 Å². The average Bonchev–Trinajstić information content (AvgIpc) is 3.25. The highest BCUT2D eigenvalue weighted by Gasteiger charge is 2.08. The lowest BCUT2D eigenvalue weighted by Crippen LogP contribution is -2.29. The van der Waals surface area contributed by atoms with E-state index in [4.69, 9.17) is 16.3 Å². The van der Waals surface area contributed by atoms with Gasteiger partial charge in [-0.3, -0.25) is 4.79 Å². The van der Waals surface area contributed by atoms with E-state index in [1.54, 1.807) is 7.11 Å². The second-order valence-corrected chi connectivity index (χ2v) is 6.91. The largest absolute Gasteiger partial charge is 0.497 e. The number of nitrogens with zero attached hydrogens (tertiary/aromatic N) is 1. The van der Waals surface area contributed by atoms with Crippen molar-refractivity contribution in [1.82, 2.24) is 14.9 Å². The predicted molar refractivity (Wildman–Crippen MR) is 109 cm³/mol. The van der Waals surface area contributed by atoms with E-state index in [9.17, 15) is 4.79 Å². The fourth-order valence-electron chi connectivity index (χ4n) is 3.35. The Morgan fingerprint density at radius 1 is 1.22 bits per heavy atom. The molecule has 0 bridgehead atoms. The van der Waals surface area contributed by atoms with Crippen LogP contribution in [-0.2, 0) is 17.8 Å². The maximum atomic E-state index is 12.3. The van der Waals surface area contributed by atoms with E-state index < -0.39 is 0 Å². The van der Waals surface area contributed by atoms with Crippen molar-refractivity contribution in [3.05, 3.63) is 65.4 Å². The number of hydrogen-bond donors (Lipinski definition) is 2. The van der Waals surface area contributed by atoms with E-state index in [2.05, 4.69) is 10.3 Å². The van der Waals surface area contributed by atoms with E-state index >= 15 is 0 Å². The van der Waals surface area contributed by atoms with Crippen LogP contribution in [0.15, 0.2) is 54.9 Å². The summed E-state index contributed by atoms with van der Waals surface area (Å²) in [5, 5.41) is 5.86. The summed E-state index contributed by atoms with van der Waals surface area (Å²) in [6, 6.07) is 13.6. The number of nitrogens with one attached hydrogen (secondary N) is 2. The molecule has 0 aliphatic carbocycles. The molecule has 1 amide bonds. The summed E-state index contributed by atoms with van der Waals surface area (Å²) in [7, 11) is 1.65. The molecule has 0 radical (unpaired) electrons. The van der Waals surface area contributed by atoms with Gasteiger partial charge in [0.05, 0.1) is 7.11 Å². The van der Waals surface area contributed by atoms with Crippen LogP contribution in [-0.4, -0.2) is 29.1 Å². The smallest absolute Gasteiger partial charge is 0.239 e. The number of carbonyl (C=O) groups is 1. The molecule has 0 saturated heterocycles. The molecule has 27 heavy (non-hydrogen) atoms. The highest BCUT2D eigenvalue weighted by atomic mass is 35.5. The number of amides is 1. The molecule has 2 aromatic carbocycles. The van der Waals surface area contributed by atoms with Crippen molar-refractivity contribution in [2.24, 2.45) is 0 Å².